The molecule has 2 aromatic rings. The predicted octanol–water partition coefficient (Wildman–Crippen LogP) is 3.20. The lowest BCUT2D eigenvalue weighted by Crippen LogP contribution is -2.17. The van der Waals surface area contributed by atoms with E-state index in [1.54, 1.807) is 0 Å². The standard InChI is InChI=1S/C17H18N2/c1-14-11-16(12-18)7-8-17(14)13-19-10-9-15-5-3-2-4-6-15/h2-8,11,19H,9-10,13H2,1H3. The Morgan fingerprint density at radius 2 is 1.89 bits per heavy atom. The predicted molar refractivity (Wildman–Crippen MR) is 77.7 cm³/mol. The third-order valence-corrected chi connectivity index (χ3v) is 3.22. The van der Waals surface area contributed by atoms with Gasteiger partial charge < -0.3 is 5.32 Å². The average Bonchev–Trinajstić information content (AvgIpc) is 2.46. The summed E-state index contributed by atoms with van der Waals surface area (Å²) >= 11 is 0. The Kier molecular flexibility index (Phi) is 4.72. The van der Waals surface area contributed by atoms with Crippen LogP contribution in [0.3, 0.4) is 0 Å². The minimum absolute atomic E-state index is 0.727. The summed E-state index contributed by atoms with van der Waals surface area (Å²) in [5, 5.41) is 12.3. The molecule has 0 amide bonds. The van der Waals surface area contributed by atoms with Crippen LogP contribution in [0.1, 0.15) is 22.3 Å². The Hall–Kier alpha value is -2.11. The van der Waals surface area contributed by atoms with Gasteiger partial charge in [-0.2, -0.15) is 5.26 Å². The second-order valence-electron chi connectivity index (χ2n) is 4.67. The van der Waals surface area contributed by atoms with Gasteiger partial charge in [0.1, 0.15) is 0 Å². The van der Waals surface area contributed by atoms with Crippen LogP contribution in [0.15, 0.2) is 48.5 Å². The first-order chi connectivity index (χ1) is 9.29. The molecule has 96 valence electrons. The van der Waals surface area contributed by atoms with Gasteiger partial charge in [0.15, 0.2) is 0 Å². The zero-order valence-electron chi connectivity index (χ0n) is 11.2. The molecular weight excluding hydrogens is 232 g/mol. The third kappa shape index (κ3) is 3.94. The zero-order chi connectivity index (χ0) is 13.5. The molecule has 0 aromatic heterocycles. The highest BCUT2D eigenvalue weighted by Gasteiger charge is 1.99. The summed E-state index contributed by atoms with van der Waals surface area (Å²) in [6.45, 7) is 3.86. The van der Waals surface area contributed by atoms with Gasteiger partial charge in [0.2, 0.25) is 0 Å². The van der Waals surface area contributed by atoms with Gasteiger partial charge in [0, 0.05) is 6.54 Å². The summed E-state index contributed by atoms with van der Waals surface area (Å²) < 4.78 is 0. The summed E-state index contributed by atoms with van der Waals surface area (Å²) in [7, 11) is 0. The van der Waals surface area contributed by atoms with Gasteiger partial charge in [-0.15, -0.1) is 0 Å². The molecule has 0 fully saturated rings. The fraction of sp³-hybridized carbons (Fsp3) is 0.235. The highest BCUT2D eigenvalue weighted by Crippen LogP contribution is 2.10. The molecule has 19 heavy (non-hydrogen) atoms. The minimum atomic E-state index is 0.727. The molecule has 0 saturated carbocycles. The van der Waals surface area contributed by atoms with Crippen LogP contribution in [0, 0.1) is 18.3 Å². The van der Waals surface area contributed by atoms with Crippen molar-refractivity contribution in [1.29, 1.82) is 5.26 Å². The second-order valence-corrected chi connectivity index (χ2v) is 4.67. The molecule has 0 aliphatic heterocycles. The van der Waals surface area contributed by atoms with Gasteiger partial charge in [0.05, 0.1) is 11.6 Å². The molecule has 2 nitrogen and oxygen atoms in total. The SMILES string of the molecule is Cc1cc(C#N)ccc1CNCCc1ccccc1. The van der Waals surface area contributed by atoms with E-state index in [1.807, 2.05) is 24.3 Å². The second kappa shape index (κ2) is 6.72. The van der Waals surface area contributed by atoms with Crippen LogP contribution in [0.5, 0.6) is 0 Å². The third-order valence-electron chi connectivity index (χ3n) is 3.22. The molecule has 0 aliphatic rings. The van der Waals surface area contributed by atoms with Gasteiger partial charge >= 0.3 is 0 Å². The molecule has 0 spiro atoms. The van der Waals surface area contributed by atoms with Gasteiger partial charge in [-0.1, -0.05) is 36.4 Å². The highest BCUT2D eigenvalue weighted by molar-refractivity contribution is 5.37. The highest BCUT2D eigenvalue weighted by atomic mass is 14.8. The fourth-order valence-electron chi connectivity index (χ4n) is 2.06. The van der Waals surface area contributed by atoms with Crippen molar-refractivity contribution in [3.05, 3.63) is 70.8 Å². The van der Waals surface area contributed by atoms with E-state index >= 15 is 0 Å². The van der Waals surface area contributed by atoms with Crippen molar-refractivity contribution in [3.63, 3.8) is 0 Å². The largest absolute Gasteiger partial charge is 0.312 e. The number of nitriles is 1. The average molecular weight is 250 g/mol. The summed E-state index contributed by atoms with van der Waals surface area (Å²) in [6.07, 6.45) is 1.04. The Labute approximate surface area is 114 Å². The minimum Gasteiger partial charge on any atom is -0.312 e. The Morgan fingerprint density at radius 1 is 1.11 bits per heavy atom. The van der Waals surface area contributed by atoms with Crippen LogP contribution < -0.4 is 5.32 Å². The van der Waals surface area contributed by atoms with Gasteiger partial charge in [-0.3, -0.25) is 0 Å². The number of benzene rings is 2. The van der Waals surface area contributed by atoms with E-state index in [4.69, 9.17) is 5.26 Å². The van der Waals surface area contributed by atoms with E-state index in [0.717, 1.165) is 25.1 Å². The van der Waals surface area contributed by atoms with Crippen molar-refractivity contribution in [2.75, 3.05) is 6.54 Å². The molecule has 0 radical (unpaired) electrons. The van der Waals surface area contributed by atoms with Crippen molar-refractivity contribution < 1.29 is 0 Å². The lowest BCUT2D eigenvalue weighted by Gasteiger charge is -2.08. The maximum absolute atomic E-state index is 8.83. The molecule has 2 rings (SSSR count). The van der Waals surface area contributed by atoms with Crippen molar-refractivity contribution in [2.24, 2.45) is 0 Å². The van der Waals surface area contributed by atoms with E-state index in [2.05, 4.69) is 42.6 Å². The van der Waals surface area contributed by atoms with Crippen LogP contribution in [0.4, 0.5) is 0 Å². The summed E-state index contributed by atoms with van der Waals surface area (Å²) in [6, 6.07) is 18.5. The first-order valence-electron chi connectivity index (χ1n) is 6.54. The summed E-state index contributed by atoms with van der Waals surface area (Å²) in [5.74, 6) is 0. The van der Waals surface area contributed by atoms with E-state index < -0.39 is 0 Å². The first kappa shape index (κ1) is 13.3. The Balaban J connectivity index is 1.82. The smallest absolute Gasteiger partial charge is 0.0991 e. The first-order valence-corrected chi connectivity index (χ1v) is 6.54. The molecule has 0 heterocycles. The van der Waals surface area contributed by atoms with Crippen LogP contribution in [-0.4, -0.2) is 6.54 Å². The topological polar surface area (TPSA) is 35.8 Å². The van der Waals surface area contributed by atoms with Crippen molar-refractivity contribution in [3.8, 4) is 6.07 Å². The number of hydrogen-bond donors (Lipinski definition) is 1. The number of aryl methyl sites for hydroxylation is 1. The molecule has 1 N–H and O–H groups in total. The van der Waals surface area contributed by atoms with Gasteiger partial charge in [0.25, 0.3) is 0 Å². The van der Waals surface area contributed by atoms with Crippen LogP contribution in [-0.2, 0) is 13.0 Å². The molecule has 0 aliphatic carbocycles. The summed E-state index contributed by atoms with van der Waals surface area (Å²) in [4.78, 5) is 0. The van der Waals surface area contributed by atoms with Crippen LogP contribution in [0.2, 0.25) is 0 Å². The maximum atomic E-state index is 8.83. The van der Waals surface area contributed by atoms with E-state index in [9.17, 15) is 0 Å². The fourth-order valence-corrected chi connectivity index (χ4v) is 2.06. The van der Waals surface area contributed by atoms with E-state index in [1.165, 1.54) is 16.7 Å². The molecule has 2 aromatic carbocycles. The molecule has 0 saturated heterocycles. The van der Waals surface area contributed by atoms with Crippen molar-refractivity contribution in [1.82, 2.24) is 5.32 Å². The molecule has 2 heteroatoms. The normalized spacial score (nSPS) is 10.1. The maximum Gasteiger partial charge on any atom is 0.0991 e. The lowest BCUT2D eigenvalue weighted by atomic mass is 10.1. The zero-order valence-corrected chi connectivity index (χ0v) is 11.2. The molecular formula is C17H18N2. The number of nitrogens with one attached hydrogen (secondary N) is 1. The lowest BCUT2D eigenvalue weighted by molar-refractivity contribution is 0.684. The van der Waals surface area contributed by atoms with Gasteiger partial charge in [-0.05, 0) is 48.7 Å². The van der Waals surface area contributed by atoms with Crippen molar-refractivity contribution in [2.45, 2.75) is 19.9 Å². The van der Waals surface area contributed by atoms with Crippen LogP contribution in [0.25, 0.3) is 0 Å². The quantitative estimate of drug-likeness (QED) is 0.827. The molecule has 0 unspecified atom stereocenters. The number of rotatable bonds is 5. The van der Waals surface area contributed by atoms with Crippen molar-refractivity contribution >= 4 is 0 Å². The van der Waals surface area contributed by atoms with Crippen LogP contribution >= 0.6 is 0 Å². The number of nitrogens with zero attached hydrogens (tertiary/aromatic N) is 1. The van der Waals surface area contributed by atoms with E-state index in [-0.39, 0.29) is 0 Å². The van der Waals surface area contributed by atoms with E-state index in [0.29, 0.717) is 0 Å². The number of hydrogen-bond acceptors (Lipinski definition) is 2. The Morgan fingerprint density at radius 3 is 2.58 bits per heavy atom. The molecule has 0 atom stereocenters. The van der Waals surface area contributed by atoms with Gasteiger partial charge in [-0.25, -0.2) is 0 Å². The summed E-state index contributed by atoms with van der Waals surface area (Å²) in [5.41, 5.74) is 4.51. The molecule has 0 bridgehead atoms. The Bertz CT molecular complexity index is 568. The monoisotopic (exact) mass is 250 g/mol.